The standard InChI is InChI=1S/C9H18N2O/c1-7-4-11(9-2-3-9)5-8(6-12)10-7/h7-10,12H,2-6H2,1H3. The minimum atomic E-state index is 0.271. The minimum Gasteiger partial charge on any atom is -0.395 e. The van der Waals surface area contributed by atoms with Crippen LogP contribution in [0.4, 0.5) is 0 Å². The molecule has 2 aliphatic rings. The zero-order chi connectivity index (χ0) is 8.55. The van der Waals surface area contributed by atoms with Gasteiger partial charge in [-0.1, -0.05) is 0 Å². The Hall–Kier alpha value is -0.120. The average Bonchev–Trinajstić information content (AvgIpc) is 2.85. The van der Waals surface area contributed by atoms with Crippen molar-refractivity contribution in [2.75, 3.05) is 19.7 Å². The normalized spacial score (nSPS) is 38.5. The van der Waals surface area contributed by atoms with Crippen LogP contribution in [-0.2, 0) is 0 Å². The fourth-order valence-corrected chi connectivity index (χ4v) is 2.07. The van der Waals surface area contributed by atoms with Crippen molar-refractivity contribution in [2.45, 2.75) is 37.9 Å². The van der Waals surface area contributed by atoms with E-state index in [1.807, 2.05) is 0 Å². The largest absolute Gasteiger partial charge is 0.395 e. The third-order valence-electron chi connectivity index (χ3n) is 2.77. The Morgan fingerprint density at radius 3 is 2.75 bits per heavy atom. The molecule has 12 heavy (non-hydrogen) atoms. The Morgan fingerprint density at radius 1 is 1.42 bits per heavy atom. The molecule has 0 aromatic carbocycles. The summed E-state index contributed by atoms with van der Waals surface area (Å²) in [5.74, 6) is 0. The predicted molar refractivity (Wildman–Crippen MR) is 48.1 cm³/mol. The van der Waals surface area contributed by atoms with Gasteiger partial charge in [-0.25, -0.2) is 0 Å². The van der Waals surface area contributed by atoms with Crippen LogP contribution in [0.1, 0.15) is 19.8 Å². The van der Waals surface area contributed by atoms with Crippen molar-refractivity contribution in [1.82, 2.24) is 10.2 Å². The quantitative estimate of drug-likeness (QED) is 0.602. The summed E-state index contributed by atoms with van der Waals surface area (Å²) in [6, 6.07) is 1.68. The Bertz CT molecular complexity index is 159. The van der Waals surface area contributed by atoms with Crippen LogP contribution in [0.5, 0.6) is 0 Å². The highest BCUT2D eigenvalue weighted by molar-refractivity contribution is 4.92. The lowest BCUT2D eigenvalue weighted by atomic mass is 10.1. The zero-order valence-corrected chi connectivity index (χ0v) is 7.66. The number of aliphatic hydroxyl groups is 1. The van der Waals surface area contributed by atoms with Gasteiger partial charge in [-0.3, -0.25) is 4.90 Å². The molecule has 3 nitrogen and oxygen atoms in total. The van der Waals surface area contributed by atoms with Crippen molar-refractivity contribution in [2.24, 2.45) is 0 Å². The second kappa shape index (κ2) is 3.32. The second-order valence-corrected chi connectivity index (χ2v) is 4.13. The van der Waals surface area contributed by atoms with Crippen LogP contribution in [0, 0.1) is 0 Å². The van der Waals surface area contributed by atoms with E-state index in [1.54, 1.807) is 0 Å². The molecule has 1 aliphatic heterocycles. The number of nitrogens with one attached hydrogen (secondary N) is 1. The van der Waals surface area contributed by atoms with E-state index < -0.39 is 0 Å². The van der Waals surface area contributed by atoms with Crippen molar-refractivity contribution in [1.29, 1.82) is 0 Å². The van der Waals surface area contributed by atoms with Gasteiger partial charge in [-0.2, -0.15) is 0 Å². The van der Waals surface area contributed by atoms with Crippen molar-refractivity contribution >= 4 is 0 Å². The lowest BCUT2D eigenvalue weighted by Gasteiger charge is -2.37. The topological polar surface area (TPSA) is 35.5 Å². The summed E-state index contributed by atoms with van der Waals surface area (Å²) in [6.45, 7) is 4.65. The van der Waals surface area contributed by atoms with Crippen molar-refractivity contribution in [3.8, 4) is 0 Å². The van der Waals surface area contributed by atoms with Gasteiger partial charge in [-0.15, -0.1) is 0 Å². The number of rotatable bonds is 2. The van der Waals surface area contributed by atoms with Gasteiger partial charge in [0.15, 0.2) is 0 Å². The van der Waals surface area contributed by atoms with Gasteiger partial charge in [0.25, 0.3) is 0 Å². The molecule has 0 radical (unpaired) electrons. The fraction of sp³-hybridized carbons (Fsp3) is 1.00. The minimum absolute atomic E-state index is 0.271. The van der Waals surface area contributed by atoms with Gasteiger partial charge in [0.1, 0.15) is 0 Å². The first-order valence-corrected chi connectivity index (χ1v) is 4.90. The third-order valence-corrected chi connectivity index (χ3v) is 2.77. The lowest BCUT2D eigenvalue weighted by molar-refractivity contribution is 0.119. The third kappa shape index (κ3) is 1.79. The van der Waals surface area contributed by atoms with Gasteiger partial charge in [0.2, 0.25) is 0 Å². The van der Waals surface area contributed by atoms with E-state index in [9.17, 15) is 0 Å². The molecule has 2 N–H and O–H groups in total. The number of hydrogen-bond donors (Lipinski definition) is 2. The Balaban J connectivity index is 1.88. The predicted octanol–water partition coefficient (Wildman–Crippen LogP) is -0.197. The van der Waals surface area contributed by atoms with E-state index in [4.69, 9.17) is 5.11 Å². The maximum atomic E-state index is 9.04. The lowest BCUT2D eigenvalue weighted by Crippen LogP contribution is -2.57. The van der Waals surface area contributed by atoms with Gasteiger partial charge in [0, 0.05) is 31.2 Å². The molecule has 1 heterocycles. The van der Waals surface area contributed by atoms with Crippen LogP contribution in [-0.4, -0.2) is 47.8 Å². The summed E-state index contributed by atoms with van der Waals surface area (Å²) in [5, 5.41) is 12.4. The summed E-state index contributed by atoms with van der Waals surface area (Å²) in [6.07, 6.45) is 2.73. The Morgan fingerprint density at radius 2 is 2.17 bits per heavy atom. The molecular formula is C9H18N2O. The van der Waals surface area contributed by atoms with Crippen LogP contribution in [0.3, 0.4) is 0 Å². The van der Waals surface area contributed by atoms with Gasteiger partial charge in [0.05, 0.1) is 6.61 Å². The maximum Gasteiger partial charge on any atom is 0.0597 e. The molecule has 2 fully saturated rings. The first-order valence-electron chi connectivity index (χ1n) is 4.90. The van der Waals surface area contributed by atoms with Crippen LogP contribution in [0.15, 0.2) is 0 Å². The summed E-state index contributed by atoms with van der Waals surface area (Å²) < 4.78 is 0. The molecule has 70 valence electrons. The van der Waals surface area contributed by atoms with Crippen LogP contribution in [0.25, 0.3) is 0 Å². The molecule has 0 aromatic heterocycles. The summed E-state index contributed by atoms with van der Waals surface area (Å²) in [5.41, 5.74) is 0. The zero-order valence-electron chi connectivity index (χ0n) is 7.66. The first kappa shape index (κ1) is 8.48. The number of aliphatic hydroxyl groups excluding tert-OH is 1. The molecule has 0 spiro atoms. The molecule has 1 saturated carbocycles. The van der Waals surface area contributed by atoms with Crippen LogP contribution < -0.4 is 5.32 Å². The van der Waals surface area contributed by atoms with E-state index in [0.29, 0.717) is 12.1 Å². The van der Waals surface area contributed by atoms with Crippen molar-refractivity contribution < 1.29 is 5.11 Å². The molecule has 0 bridgehead atoms. The SMILES string of the molecule is CC1CN(C2CC2)CC(CO)N1. The molecular weight excluding hydrogens is 152 g/mol. The summed E-state index contributed by atoms with van der Waals surface area (Å²) in [7, 11) is 0. The van der Waals surface area contributed by atoms with E-state index >= 15 is 0 Å². The Kier molecular flexibility index (Phi) is 2.35. The molecule has 0 amide bonds. The number of nitrogens with zero attached hydrogens (tertiary/aromatic N) is 1. The van der Waals surface area contributed by atoms with Gasteiger partial charge in [-0.05, 0) is 19.8 Å². The van der Waals surface area contributed by atoms with Crippen molar-refractivity contribution in [3.05, 3.63) is 0 Å². The maximum absolute atomic E-state index is 9.04. The van der Waals surface area contributed by atoms with E-state index in [1.165, 1.54) is 12.8 Å². The molecule has 1 saturated heterocycles. The fourth-order valence-electron chi connectivity index (χ4n) is 2.07. The molecule has 3 heteroatoms. The summed E-state index contributed by atoms with van der Waals surface area (Å²) in [4.78, 5) is 2.52. The highest BCUT2D eigenvalue weighted by atomic mass is 16.3. The molecule has 2 rings (SSSR count). The molecule has 0 aromatic rings. The van der Waals surface area contributed by atoms with Crippen LogP contribution in [0.2, 0.25) is 0 Å². The average molecular weight is 170 g/mol. The monoisotopic (exact) mass is 170 g/mol. The van der Waals surface area contributed by atoms with Gasteiger partial charge < -0.3 is 10.4 Å². The molecule has 2 atom stereocenters. The highest BCUT2D eigenvalue weighted by Gasteiger charge is 2.34. The first-order chi connectivity index (χ1) is 5.79. The van der Waals surface area contributed by atoms with E-state index in [0.717, 1.165) is 19.1 Å². The number of piperazine rings is 1. The Labute approximate surface area is 73.8 Å². The highest BCUT2D eigenvalue weighted by Crippen LogP contribution is 2.28. The molecule has 1 aliphatic carbocycles. The van der Waals surface area contributed by atoms with Crippen LogP contribution >= 0.6 is 0 Å². The smallest absolute Gasteiger partial charge is 0.0597 e. The second-order valence-electron chi connectivity index (χ2n) is 4.13. The van der Waals surface area contributed by atoms with E-state index in [2.05, 4.69) is 17.1 Å². The van der Waals surface area contributed by atoms with Crippen molar-refractivity contribution in [3.63, 3.8) is 0 Å². The van der Waals surface area contributed by atoms with Gasteiger partial charge >= 0.3 is 0 Å². The molecule has 2 unspecified atom stereocenters. The summed E-state index contributed by atoms with van der Waals surface area (Å²) >= 11 is 0. The number of hydrogen-bond acceptors (Lipinski definition) is 3. The van der Waals surface area contributed by atoms with E-state index in [-0.39, 0.29) is 6.61 Å².